The van der Waals surface area contributed by atoms with Crippen LogP contribution in [0, 0.1) is 11.3 Å². The lowest BCUT2D eigenvalue weighted by Gasteiger charge is -2.17. The van der Waals surface area contributed by atoms with Crippen molar-refractivity contribution in [3.63, 3.8) is 0 Å². The van der Waals surface area contributed by atoms with Crippen molar-refractivity contribution in [1.82, 2.24) is 4.98 Å². The van der Waals surface area contributed by atoms with Crippen LogP contribution in [0.25, 0.3) is 0 Å². The summed E-state index contributed by atoms with van der Waals surface area (Å²) in [6, 6.07) is 3.41. The molecule has 0 unspecified atom stereocenters. The number of ether oxygens (including phenoxy) is 3. The molecule has 0 bridgehead atoms. The number of carbonyl (C=O) groups excluding carboxylic acids is 2. The summed E-state index contributed by atoms with van der Waals surface area (Å²) in [4.78, 5) is 25.9. The maximum atomic E-state index is 11.1. The van der Waals surface area contributed by atoms with Gasteiger partial charge >= 0.3 is 11.9 Å². The molecule has 98 valence electrons. The maximum absolute atomic E-state index is 11.1. The number of pyridine rings is 1. The van der Waals surface area contributed by atoms with Crippen molar-refractivity contribution in [2.24, 2.45) is 0 Å². The first kappa shape index (κ1) is 12.8. The van der Waals surface area contributed by atoms with Crippen molar-refractivity contribution in [3.8, 4) is 11.8 Å². The van der Waals surface area contributed by atoms with Crippen molar-refractivity contribution in [3.05, 3.63) is 23.5 Å². The van der Waals surface area contributed by atoms with Crippen molar-refractivity contribution in [2.45, 2.75) is 26.2 Å². The monoisotopic (exact) mass is 262 g/mol. The minimum Gasteiger partial charge on any atom is -0.449 e. The van der Waals surface area contributed by atoms with Gasteiger partial charge in [0.05, 0.1) is 0 Å². The molecule has 0 radical (unpaired) electrons. The van der Waals surface area contributed by atoms with Gasteiger partial charge in [0, 0.05) is 25.6 Å². The Kier molecular flexibility index (Phi) is 3.33. The summed E-state index contributed by atoms with van der Waals surface area (Å²) in [5.74, 6) is -0.960. The first-order valence-corrected chi connectivity index (χ1v) is 5.43. The Labute approximate surface area is 108 Å². The fourth-order valence-corrected chi connectivity index (χ4v) is 1.76. The standard InChI is InChI=1S/C12H10N2O5/c1-6(15)17-11-8-3-4-14-9(5-13)10(8)19-12(11)18-7(2)16/h3-4,11-12H,1-2H3/t11-,12-/m1/s1. The van der Waals surface area contributed by atoms with Crippen LogP contribution in [0.15, 0.2) is 12.3 Å². The van der Waals surface area contributed by atoms with Crippen LogP contribution >= 0.6 is 0 Å². The van der Waals surface area contributed by atoms with E-state index in [-0.39, 0.29) is 11.4 Å². The fraction of sp³-hybridized carbons (Fsp3) is 0.333. The molecule has 1 aliphatic heterocycles. The summed E-state index contributed by atoms with van der Waals surface area (Å²) in [5, 5.41) is 8.93. The van der Waals surface area contributed by atoms with Crippen LogP contribution in [0.3, 0.4) is 0 Å². The lowest BCUT2D eigenvalue weighted by atomic mass is 10.1. The number of aromatic nitrogens is 1. The second-order valence-electron chi connectivity index (χ2n) is 3.82. The third-order valence-electron chi connectivity index (χ3n) is 2.40. The number of nitriles is 1. The molecule has 2 atom stereocenters. The highest BCUT2D eigenvalue weighted by Crippen LogP contribution is 2.40. The Hall–Kier alpha value is -2.62. The smallest absolute Gasteiger partial charge is 0.305 e. The van der Waals surface area contributed by atoms with E-state index in [1.54, 1.807) is 6.07 Å². The number of rotatable bonds is 2. The summed E-state index contributed by atoms with van der Waals surface area (Å²) in [5.41, 5.74) is 0.498. The molecule has 19 heavy (non-hydrogen) atoms. The molecule has 7 heteroatoms. The van der Waals surface area contributed by atoms with E-state index in [9.17, 15) is 9.59 Å². The zero-order valence-corrected chi connectivity index (χ0v) is 10.2. The minimum atomic E-state index is -1.10. The summed E-state index contributed by atoms with van der Waals surface area (Å²) in [6.45, 7) is 2.44. The molecule has 0 amide bonds. The minimum absolute atomic E-state index is 0.0457. The summed E-state index contributed by atoms with van der Waals surface area (Å²) in [6.07, 6.45) is -0.605. The fourth-order valence-electron chi connectivity index (χ4n) is 1.76. The molecule has 0 saturated heterocycles. The van der Waals surface area contributed by atoms with Gasteiger partial charge in [-0.3, -0.25) is 9.59 Å². The van der Waals surface area contributed by atoms with Crippen LogP contribution < -0.4 is 4.74 Å². The number of carbonyl (C=O) groups is 2. The van der Waals surface area contributed by atoms with Gasteiger partial charge in [-0.15, -0.1) is 0 Å². The Morgan fingerprint density at radius 3 is 2.63 bits per heavy atom. The predicted molar refractivity (Wildman–Crippen MR) is 59.6 cm³/mol. The molecule has 0 spiro atoms. The molecule has 1 aliphatic rings. The first-order chi connectivity index (χ1) is 9.02. The van der Waals surface area contributed by atoms with E-state index < -0.39 is 24.3 Å². The van der Waals surface area contributed by atoms with Crippen LogP contribution in [0.1, 0.15) is 31.2 Å². The van der Waals surface area contributed by atoms with Gasteiger partial charge in [-0.05, 0) is 6.07 Å². The molecule has 0 fully saturated rings. The van der Waals surface area contributed by atoms with Gasteiger partial charge in [0.1, 0.15) is 6.07 Å². The molecule has 7 nitrogen and oxygen atoms in total. The molecule has 1 aromatic heterocycles. The second kappa shape index (κ2) is 4.94. The van der Waals surface area contributed by atoms with Crippen LogP contribution in [-0.4, -0.2) is 23.2 Å². The van der Waals surface area contributed by atoms with E-state index in [0.29, 0.717) is 5.56 Å². The summed E-state index contributed by atoms with van der Waals surface area (Å²) in [7, 11) is 0. The van der Waals surface area contributed by atoms with Gasteiger partial charge in [-0.1, -0.05) is 0 Å². The van der Waals surface area contributed by atoms with E-state index >= 15 is 0 Å². The van der Waals surface area contributed by atoms with E-state index in [2.05, 4.69) is 4.98 Å². The summed E-state index contributed by atoms with van der Waals surface area (Å²) >= 11 is 0. The predicted octanol–water partition coefficient (Wildman–Crippen LogP) is 0.839. The second-order valence-corrected chi connectivity index (χ2v) is 3.82. The third kappa shape index (κ3) is 2.47. The van der Waals surface area contributed by atoms with Crippen LogP contribution in [-0.2, 0) is 19.1 Å². The molecular formula is C12H10N2O5. The van der Waals surface area contributed by atoms with Crippen LogP contribution in [0.4, 0.5) is 0 Å². The number of hydrogen-bond acceptors (Lipinski definition) is 7. The van der Waals surface area contributed by atoms with Gasteiger partial charge in [0.25, 0.3) is 6.29 Å². The topological polar surface area (TPSA) is 98.5 Å². The van der Waals surface area contributed by atoms with Crippen molar-refractivity contribution in [2.75, 3.05) is 0 Å². The van der Waals surface area contributed by atoms with Crippen molar-refractivity contribution >= 4 is 11.9 Å². The Balaban J connectivity index is 2.39. The average molecular weight is 262 g/mol. The highest BCUT2D eigenvalue weighted by Gasteiger charge is 2.41. The van der Waals surface area contributed by atoms with Crippen molar-refractivity contribution < 1.29 is 23.8 Å². The van der Waals surface area contributed by atoms with Gasteiger partial charge < -0.3 is 14.2 Å². The van der Waals surface area contributed by atoms with Crippen LogP contribution in [0.2, 0.25) is 0 Å². The highest BCUT2D eigenvalue weighted by atomic mass is 16.7. The van der Waals surface area contributed by atoms with E-state index in [1.165, 1.54) is 20.0 Å². The normalized spacial score (nSPS) is 19.8. The Morgan fingerprint density at radius 2 is 2.05 bits per heavy atom. The zero-order chi connectivity index (χ0) is 14.0. The molecule has 2 heterocycles. The number of fused-ring (bicyclic) bond motifs is 1. The Morgan fingerprint density at radius 1 is 1.37 bits per heavy atom. The average Bonchev–Trinajstić information content (AvgIpc) is 2.66. The first-order valence-electron chi connectivity index (χ1n) is 5.43. The van der Waals surface area contributed by atoms with Crippen LogP contribution in [0.5, 0.6) is 5.75 Å². The van der Waals surface area contributed by atoms with E-state index in [1.807, 2.05) is 6.07 Å². The Bertz CT molecular complexity index is 578. The van der Waals surface area contributed by atoms with Gasteiger partial charge in [-0.25, -0.2) is 4.98 Å². The largest absolute Gasteiger partial charge is 0.449 e. The van der Waals surface area contributed by atoms with Gasteiger partial charge in [0.15, 0.2) is 11.4 Å². The number of esters is 2. The zero-order valence-electron chi connectivity index (χ0n) is 10.2. The number of nitrogens with zero attached hydrogens (tertiary/aromatic N) is 2. The molecule has 0 aromatic carbocycles. The SMILES string of the molecule is CC(=O)O[C@@H]1Oc2c(ccnc2C#N)[C@H]1OC(C)=O. The molecule has 0 saturated carbocycles. The van der Waals surface area contributed by atoms with E-state index in [0.717, 1.165) is 0 Å². The quantitative estimate of drug-likeness (QED) is 0.728. The third-order valence-corrected chi connectivity index (χ3v) is 2.40. The number of hydrogen-bond donors (Lipinski definition) is 0. The molecule has 1 aromatic rings. The highest BCUT2D eigenvalue weighted by molar-refractivity contribution is 5.68. The van der Waals surface area contributed by atoms with Gasteiger partial charge in [-0.2, -0.15) is 5.26 Å². The summed E-state index contributed by atoms with van der Waals surface area (Å²) < 4.78 is 15.4. The molecule has 2 rings (SSSR count). The van der Waals surface area contributed by atoms with Crippen molar-refractivity contribution in [1.29, 1.82) is 5.26 Å². The lowest BCUT2D eigenvalue weighted by molar-refractivity contribution is -0.184. The molecule has 0 N–H and O–H groups in total. The van der Waals surface area contributed by atoms with E-state index in [4.69, 9.17) is 19.5 Å². The lowest BCUT2D eigenvalue weighted by Crippen LogP contribution is -2.27. The van der Waals surface area contributed by atoms with Gasteiger partial charge in [0.2, 0.25) is 6.10 Å². The maximum Gasteiger partial charge on any atom is 0.305 e. The molecular weight excluding hydrogens is 252 g/mol. The molecule has 0 aliphatic carbocycles.